The molecule has 1 heterocycles. The second-order valence-electron chi connectivity index (χ2n) is 5.50. The van der Waals surface area contributed by atoms with Crippen molar-refractivity contribution in [3.05, 3.63) is 50.2 Å². The summed E-state index contributed by atoms with van der Waals surface area (Å²) in [6.45, 7) is 5.16. The minimum absolute atomic E-state index is 0.168. The summed E-state index contributed by atoms with van der Waals surface area (Å²) in [5.74, 6) is 0.216. The van der Waals surface area contributed by atoms with E-state index in [9.17, 15) is 4.39 Å². The number of rotatable bonds is 6. The summed E-state index contributed by atoms with van der Waals surface area (Å²) in [6.07, 6.45) is 1.44. The van der Waals surface area contributed by atoms with Crippen molar-refractivity contribution >= 4 is 22.9 Å². The van der Waals surface area contributed by atoms with Gasteiger partial charge in [0.2, 0.25) is 0 Å². The van der Waals surface area contributed by atoms with Crippen molar-refractivity contribution in [2.24, 2.45) is 5.92 Å². The molecule has 2 aromatic rings. The first-order chi connectivity index (χ1) is 10.0. The Morgan fingerprint density at radius 2 is 2.14 bits per heavy atom. The molecule has 1 aromatic carbocycles. The second kappa shape index (κ2) is 7.34. The van der Waals surface area contributed by atoms with Crippen LogP contribution in [0.5, 0.6) is 0 Å². The molecule has 0 saturated heterocycles. The van der Waals surface area contributed by atoms with Crippen LogP contribution in [0.3, 0.4) is 0 Å². The third-order valence-corrected chi connectivity index (χ3v) is 4.52. The fourth-order valence-electron chi connectivity index (χ4n) is 2.21. The highest BCUT2D eigenvalue weighted by Gasteiger charge is 2.14. The highest BCUT2D eigenvalue weighted by Crippen LogP contribution is 2.26. The minimum atomic E-state index is -0.338. The monoisotopic (exact) mass is 326 g/mol. The first kappa shape index (κ1) is 16.4. The lowest BCUT2D eigenvalue weighted by molar-refractivity contribution is 0.613. The topological polar surface area (TPSA) is 24.9 Å². The summed E-state index contributed by atoms with van der Waals surface area (Å²) in [5.41, 5.74) is 1.73. The molecule has 114 valence electrons. The van der Waals surface area contributed by atoms with Gasteiger partial charge in [-0.2, -0.15) is 0 Å². The Morgan fingerprint density at radius 1 is 1.38 bits per heavy atom. The van der Waals surface area contributed by atoms with Crippen molar-refractivity contribution in [1.82, 2.24) is 10.3 Å². The van der Waals surface area contributed by atoms with Gasteiger partial charge >= 0.3 is 0 Å². The molecule has 0 atom stereocenters. The molecule has 2 nitrogen and oxygen atoms in total. The minimum Gasteiger partial charge on any atom is -0.315 e. The fraction of sp³-hybridized carbons (Fsp3) is 0.438. The van der Waals surface area contributed by atoms with Crippen LogP contribution >= 0.6 is 22.9 Å². The molecule has 0 aliphatic carbocycles. The smallest absolute Gasteiger partial charge is 0.145 e. The highest BCUT2D eigenvalue weighted by molar-refractivity contribution is 7.11. The van der Waals surface area contributed by atoms with Crippen LogP contribution in [0, 0.1) is 11.7 Å². The molecule has 1 N–H and O–H groups in total. The van der Waals surface area contributed by atoms with E-state index in [1.807, 2.05) is 7.05 Å². The summed E-state index contributed by atoms with van der Waals surface area (Å²) < 4.78 is 14.0. The lowest BCUT2D eigenvalue weighted by Crippen LogP contribution is -2.07. The third-order valence-electron chi connectivity index (χ3n) is 3.13. The largest absolute Gasteiger partial charge is 0.315 e. The van der Waals surface area contributed by atoms with Crippen LogP contribution in [0.25, 0.3) is 0 Å². The highest BCUT2D eigenvalue weighted by atomic mass is 35.5. The summed E-state index contributed by atoms with van der Waals surface area (Å²) in [5, 5.41) is 4.28. The van der Waals surface area contributed by atoms with Crippen LogP contribution < -0.4 is 5.32 Å². The summed E-state index contributed by atoms with van der Waals surface area (Å²) in [7, 11) is 1.93. The maximum Gasteiger partial charge on any atom is 0.145 e. The van der Waals surface area contributed by atoms with Gasteiger partial charge in [-0.05, 0) is 31.0 Å². The van der Waals surface area contributed by atoms with Crippen LogP contribution in [0.2, 0.25) is 5.02 Å². The number of nitrogens with one attached hydrogen (secondary N) is 1. The summed E-state index contributed by atoms with van der Waals surface area (Å²) >= 11 is 7.49. The fourth-order valence-corrected chi connectivity index (χ4v) is 3.53. The molecular weight excluding hydrogens is 307 g/mol. The zero-order chi connectivity index (χ0) is 15.4. The first-order valence-electron chi connectivity index (χ1n) is 7.06. The molecule has 0 saturated carbocycles. The van der Waals surface area contributed by atoms with Gasteiger partial charge in [0.15, 0.2) is 0 Å². The van der Waals surface area contributed by atoms with Gasteiger partial charge in [-0.3, -0.25) is 0 Å². The number of halogens is 2. The number of nitrogens with zero attached hydrogens (tertiary/aromatic N) is 1. The average Bonchev–Trinajstić information content (AvgIpc) is 2.77. The van der Waals surface area contributed by atoms with Crippen LogP contribution in [-0.2, 0) is 19.4 Å². The Bertz CT molecular complexity index is 610. The van der Waals surface area contributed by atoms with E-state index in [1.54, 1.807) is 29.5 Å². The molecule has 0 bridgehead atoms. The number of hydrogen-bond acceptors (Lipinski definition) is 3. The number of aromatic nitrogens is 1. The maximum absolute atomic E-state index is 14.0. The Morgan fingerprint density at radius 3 is 2.81 bits per heavy atom. The van der Waals surface area contributed by atoms with Gasteiger partial charge in [0.05, 0.1) is 15.7 Å². The van der Waals surface area contributed by atoms with Crippen LogP contribution in [0.4, 0.5) is 4.39 Å². The van der Waals surface area contributed by atoms with E-state index >= 15 is 0 Å². The van der Waals surface area contributed by atoms with Gasteiger partial charge in [-0.15, -0.1) is 11.3 Å². The Hall–Kier alpha value is -0.970. The quantitative estimate of drug-likeness (QED) is 0.848. The van der Waals surface area contributed by atoms with Crippen molar-refractivity contribution in [1.29, 1.82) is 0 Å². The second-order valence-corrected chi connectivity index (χ2v) is 7.07. The predicted molar refractivity (Wildman–Crippen MR) is 87.6 cm³/mol. The predicted octanol–water partition coefficient (Wildman–Crippen LogP) is 4.44. The number of benzene rings is 1. The van der Waals surface area contributed by atoms with E-state index in [0.717, 1.165) is 23.7 Å². The SMILES string of the molecule is CNCc1sc(Cc2cccc(Cl)c2F)nc1CC(C)C. The van der Waals surface area contributed by atoms with Crippen LogP contribution in [0.1, 0.15) is 35.0 Å². The average molecular weight is 327 g/mol. The third kappa shape index (κ3) is 4.25. The zero-order valence-corrected chi connectivity index (χ0v) is 14.1. The molecular formula is C16H20ClFN2S. The molecule has 0 radical (unpaired) electrons. The number of thiazole rings is 1. The lowest BCUT2D eigenvalue weighted by atomic mass is 10.1. The molecule has 1 aromatic heterocycles. The van der Waals surface area contributed by atoms with Crippen molar-refractivity contribution in [3.63, 3.8) is 0 Å². The van der Waals surface area contributed by atoms with Crippen molar-refractivity contribution in [3.8, 4) is 0 Å². The van der Waals surface area contributed by atoms with Crippen molar-refractivity contribution in [2.75, 3.05) is 7.05 Å². The Kier molecular flexibility index (Phi) is 5.73. The Balaban J connectivity index is 2.25. The van der Waals surface area contributed by atoms with Gasteiger partial charge < -0.3 is 5.32 Å². The summed E-state index contributed by atoms with van der Waals surface area (Å²) in [4.78, 5) is 5.94. The van der Waals surface area contributed by atoms with E-state index < -0.39 is 0 Å². The zero-order valence-electron chi connectivity index (χ0n) is 12.5. The van der Waals surface area contributed by atoms with Gasteiger partial charge in [0.1, 0.15) is 5.82 Å². The molecule has 21 heavy (non-hydrogen) atoms. The lowest BCUT2D eigenvalue weighted by Gasteiger charge is -2.04. The molecule has 0 aliphatic heterocycles. The molecule has 0 amide bonds. The van der Waals surface area contributed by atoms with Gasteiger partial charge in [-0.1, -0.05) is 37.6 Å². The molecule has 0 aliphatic rings. The molecule has 0 unspecified atom stereocenters. The normalized spacial score (nSPS) is 11.3. The van der Waals surface area contributed by atoms with E-state index in [2.05, 4.69) is 19.2 Å². The van der Waals surface area contributed by atoms with Gasteiger partial charge in [0.25, 0.3) is 0 Å². The van der Waals surface area contributed by atoms with Crippen LogP contribution in [-0.4, -0.2) is 12.0 Å². The van der Waals surface area contributed by atoms with Gasteiger partial charge in [0, 0.05) is 17.8 Å². The molecule has 5 heteroatoms. The van der Waals surface area contributed by atoms with E-state index in [-0.39, 0.29) is 10.8 Å². The molecule has 0 fully saturated rings. The van der Waals surface area contributed by atoms with E-state index in [1.165, 1.54) is 4.88 Å². The molecule has 0 spiro atoms. The van der Waals surface area contributed by atoms with Crippen LogP contribution in [0.15, 0.2) is 18.2 Å². The van der Waals surface area contributed by atoms with Crippen molar-refractivity contribution in [2.45, 2.75) is 33.2 Å². The van der Waals surface area contributed by atoms with Crippen molar-refractivity contribution < 1.29 is 4.39 Å². The number of hydrogen-bond donors (Lipinski definition) is 1. The summed E-state index contributed by atoms with van der Waals surface area (Å²) in [6, 6.07) is 5.11. The molecule has 2 rings (SSSR count). The Labute approximate surface area is 134 Å². The first-order valence-corrected chi connectivity index (χ1v) is 8.25. The standard InChI is InChI=1S/C16H20ClFN2S/c1-10(2)7-13-14(9-19-3)21-15(20-13)8-11-5-4-6-12(17)16(11)18/h4-6,10,19H,7-9H2,1-3H3. The van der Waals surface area contributed by atoms with Gasteiger partial charge in [-0.25, -0.2) is 9.37 Å². The van der Waals surface area contributed by atoms with E-state index in [4.69, 9.17) is 16.6 Å². The maximum atomic E-state index is 14.0. The van der Waals surface area contributed by atoms with E-state index in [0.29, 0.717) is 17.9 Å².